The second-order valence-corrected chi connectivity index (χ2v) is 8.46. The Balaban J connectivity index is 2.02. The van der Waals surface area contributed by atoms with Gasteiger partial charge in [0.2, 0.25) is 0 Å². The molecule has 0 aliphatic carbocycles. The van der Waals surface area contributed by atoms with Gasteiger partial charge in [-0.25, -0.2) is 0 Å². The van der Waals surface area contributed by atoms with Crippen molar-refractivity contribution < 1.29 is 55.1 Å². The predicted molar refractivity (Wildman–Crippen MR) is 108 cm³/mol. The van der Waals surface area contributed by atoms with E-state index in [-0.39, 0.29) is 17.4 Å². The van der Waals surface area contributed by atoms with Gasteiger partial charge in [0.15, 0.2) is 0 Å². The molecule has 2 heterocycles. The summed E-state index contributed by atoms with van der Waals surface area (Å²) in [5, 5.41) is 80.5. The molecule has 0 bridgehead atoms. The molecule has 0 amide bonds. The molecule has 2 fully saturated rings. The summed E-state index contributed by atoms with van der Waals surface area (Å²) in [6.45, 7) is 2.37. The van der Waals surface area contributed by atoms with Gasteiger partial charge in [-0.05, 0) is 31.5 Å². The van der Waals surface area contributed by atoms with Crippen molar-refractivity contribution in [3.8, 4) is 5.75 Å². The summed E-state index contributed by atoms with van der Waals surface area (Å²) >= 11 is 0. The van der Waals surface area contributed by atoms with Crippen LogP contribution in [0.3, 0.4) is 0 Å². The highest BCUT2D eigenvalue weighted by Crippen LogP contribution is 2.41. The van der Waals surface area contributed by atoms with E-state index in [4.69, 9.17) is 14.2 Å². The third-order valence-corrected chi connectivity index (χ3v) is 5.82. The quantitative estimate of drug-likeness (QED) is 0.224. The van der Waals surface area contributed by atoms with Crippen molar-refractivity contribution in [2.45, 2.75) is 81.0 Å². The molecule has 0 spiro atoms. The highest BCUT2D eigenvalue weighted by atomic mass is 16.6. The maximum atomic E-state index is 10.6. The lowest BCUT2D eigenvalue weighted by Crippen LogP contribution is -2.55. The third kappa shape index (κ3) is 4.77. The Hall–Kier alpha value is -1.38. The summed E-state index contributed by atoms with van der Waals surface area (Å²) in [5.74, 6) is 0.290. The Kier molecular flexibility index (Phi) is 8.10. The predicted octanol–water partition coefficient (Wildman–Crippen LogP) is -2.50. The fourth-order valence-electron chi connectivity index (χ4n) is 4.06. The van der Waals surface area contributed by atoms with Crippen LogP contribution in [0.5, 0.6) is 5.75 Å². The molecule has 0 unspecified atom stereocenters. The molecule has 2 saturated heterocycles. The fourth-order valence-corrected chi connectivity index (χ4v) is 4.06. The van der Waals surface area contributed by atoms with Gasteiger partial charge in [0.05, 0.1) is 19.3 Å². The van der Waals surface area contributed by atoms with Crippen LogP contribution in [0.4, 0.5) is 0 Å². The zero-order valence-corrected chi connectivity index (χ0v) is 17.8. The van der Waals surface area contributed by atoms with Crippen LogP contribution in [0.25, 0.3) is 0 Å². The molecule has 0 saturated carbocycles. The van der Waals surface area contributed by atoms with Crippen LogP contribution in [0, 0.1) is 0 Å². The molecule has 182 valence electrons. The van der Waals surface area contributed by atoms with Gasteiger partial charge in [-0.15, -0.1) is 0 Å². The standard InChI is InChI=1S/C21H32O11/c1-8(2)30-11-4-3-9(20-18(28)16(26)14(24)12(6-22)31-20)5-10(11)21-19(29)17(27)15(25)13(7-23)32-21/h3-5,8,12-29H,6-7H2,1-2H3/t12-,13-,14-,15-,16+,17+,18+,19-,20-,21-/m1/s1. The van der Waals surface area contributed by atoms with E-state index in [1.807, 2.05) is 0 Å². The zero-order chi connectivity index (χ0) is 23.7. The normalized spacial score (nSPS) is 40.5. The van der Waals surface area contributed by atoms with Gasteiger partial charge in [-0.3, -0.25) is 0 Å². The summed E-state index contributed by atoms with van der Waals surface area (Å²) in [6, 6.07) is 4.57. The average molecular weight is 460 g/mol. The summed E-state index contributed by atoms with van der Waals surface area (Å²) in [6.07, 6.45) is -14.2. The lowest BCUT2D eigenvalue weighted by atomic mass is 9.87. The van der Waals surface area contributed by atoms with E-state index < -0.39 is 74.3 Å². The van der Waals surface area contributed by atoms with E-state index in [1.165, 1.54) is 12.1 Å². The van der Waals surface area contributed by atoms with Gasteiger partial charge in [-0.1, -0.05) is 6.07 Å². The minimum Gasteiger partial charge on any atom is -0.491 e. The van der Waals surface area contributed by atoms with Crippen LogP contribution in [-0.2, 0) is 9.47 Å². The molecular formula is C21H32O11. The number of rotatable bonds is 6. The minimum absolute atomic E-state index is 0.255. The summed E-state index contributed by atoms with van der Waals surface area (Å²) in [7, 11) is 0. The third-order valence-electron chi connectivity index (χ3n) is 5.82. The monoisotopic (exact) mass is 460 g/mol. The molecule has 10 atom stereocenters. The Morgan fingerprint density at radius 2 is 1.25 bits per heavy atom. The largest absolute Gasteiger partial charge is 0.491 e. The first-order valence-electron chi connectivity index (χ1n) is 10.5. The first kappa shape index (κ1) is 25.2. The molecule has 2 aliphatic rings. The smallest absolute Gasteiger partial charge is 0.125 e. The van der Waals surface area contributed by atoms with Gasteiger partial charge in [0, 0.05) is 5.56 Å². The highest BCUT2D eigenvalue weighted by Gasteiger charge is 2.47. The molecule has 3 rings (SSSR count). The Labute approximate surface area is 185 Å². The highest BCUT2D eigenvalue weighted by molar-refractivity contribution is 5.41. The van der Waals surface area contributed by atoms with Crippen molar-refractivity contribution in [2.24, 2.45) is 0 Å². The van der Waals surface area contributed by atoms with Crippen LogP contribution < -0.4 is 4.74 Å². The van der Waals surface area contributed by atoms with E-state index in [0.717, 1.165) is 0 Å². The van der Waals surface area contributed by atoms with Crippen molar-refractivity contribution in [3.63, 3.8) is 0 Å². The number of aliphatic hydroxyl groups is 8. The first-order valence-corrected chi connectivity index (χ1v) is 10.5. The van der Waals surface area contributed by atoms with E-state index in [9.17, 15) is 40.9 Å². The lowest BCUT2D eigenvalue weighted by molar-refractivity contribution is -0.233. The van der Waals surface area contributed by atoms with Crippen LogP contribution in [-0.4, -0.2) is 109 Å². The second kappa shape index (κ2) is 10.3. The lowest BCUT2D eigenvalue weighted by Gasteiger charge is -2.42. The molecule has 11 heteroatoms. The zero-order valence-electron chi connectivity index (χ0n) is 17.8. The molecule has 32 heavy (non-hydrogen) atoms. The molecule has 1 aromatic rings. The van der Waals surface area contributed by atoms with Crippen LogP contribution >= 0.6 is 0 Å². The van der Waals surface area contributed by atoms with E-state index in [0.29, 0.717) is 5.56 Å². The van der Waals surface area contributed by atoms with Gasteiger partial charge in [-0.2, -0.15) is 0 Å². The van der Waals surface area contributed by atoms with Gasteiger partial charge in [0.1, 0.15) is 66.8 Å². The molecule has 0 aromatic heterocycles. The molecule has 1 aromatic carbocycles. The number of ether oxygens (including phenoxy) is 3. The van der Waals surface area contributed by atoms with Crippen LogP contribution in [0.2, 0.25) is 0 Å². The van der Waals surface area contributed by atoms with Crippen molar-refractivity contribution in [1.82, 2.24) is 0 Å². The van der Waals surface area contributed by atoms with Gasteiger partial charge >= 0.3 is 0 Å². The summed E-state index contributed by atoms with van der Waals surface area (Å²) in [4.78, 5) is 0. The molecule has 8 N–H and O–H groups in total. The number of benzene rings is 1. The fraction of sp³-hybridized carbons (Fsp3) is 0.714. The number of aliphatic hydroxyl groups excluding tert-OH is 8. The van der Waals surface area contributed by atoms with E-state index >= 15 is 0 Å². The van der Waals surface area contributed by atoms with Gasteiger partial charge in [0.25, 0.3) is 0 Å². The first-order chi connectivity index (χ1) is 15.1. The van der Waals surface area contributed by atoms with Crippen molar-refractivity contribution in [2.75, 3.05) is 13.2 Å². The van der Waals surface area contributed by atoms with Crippen molar-refractivity contribution >= 4 is 0 Å². The Morgan fingerprint density at radius 3 is 1.75 bits per heavy atom. The van der Waals surface area contributed by atoms with Gasteiger partial charge < -0.3 is 55.1 Å². The van der Waals surface area contributed by atoms with Crippen LogP contribution in [0.15, 0.2) is 18.2 Å². The number of hydrogen-bond donors (Lipinski definition) is 8. The SMILES string of the molecule is CC(C)Oc1ccc([C@H]2O[C@H](CO)[C@@H](O)[C@H](O)[C@@H]2O)cc1[C@H]1O[C@H](CO)[C@@H](O)[C@H](O)[C@H]1O. The topological polar surface area (TPSA) is 190 Å². The Bertz CT molecular complexity index is 755. The summed E-state index contributed by atoms with van der Waals surface area (Å²) in [5.41, 5.74) is 0.579. The van der Waals surface area contributed by atoms with Crippen molar-refractivity contribution in [3.05, 3.63) is 29.3 Å². The molecule has 11 nitrogen and oxygen atoms in total. The second-order valence-electron chi connectivity index (χ2n) is 8.46. The Morgan fingerprint density at radius 1 is 0.750 bits per heavy atom. The van der Waals surface area contributed by atoms with E-state index in [2.05, 4.69) is 0 Å². The molecule has 0 radical (unpaired) electrons. The number of hydrogen-bond acceptors (Lipinski definition) is 11. The minimum atomic E-state index is -1.60. The van der Waals surface area contributed by atoms with E-state index in [1.54, 1.807) is 19.9 Å². The maximum absolute atomic E-state index is 10.6. The molecule has 2 aliphatic heterocycles. The van der Waals surface area contributed by atoms with Crippen LogP contribution in [0.1, 0.15) is 37.2 Å². The van der Waals surface area contributed by atoms with Crippen molar-refractivity contribution in [1.29, 1.82) is 0 Å². The summed E-state index contributed by atoms with van der Waals surface area (Å²) < 4.78 is 17.1. The molecular weight excluding hydrogens is 428 g/mol. The maximum Gasteiger partial charge on any atom is 0.125 e. The average Bonchev–Trinajstić information content (AvgIpc) is 2.77.